The molecule has 0 radical (unpaired) electrons. The van der Waals surface area contributed by atoms with Crippen molar-refractivity contribution in [3.05, 3.63) is 79.0 Å². The van der Waals surface area contributed by atoms with Gasteiger partial charge in [0.15, 0.2) is 0 Å². The number of fused-ring (bicyclic) bond motifs is 3. The molecular formula is C25H21N2O2P. The number of phenolic OH excluding ortho intramolecular Hbond substituents is 1. The minimum Gasteiger partial charge on any atom is -0.507 e. The maximum atomic E-state index is 14.1. The monoisotopic (exact) mass is 412 g/mol. The fraction of sp³-hybridized carbons (Fsp3) is 0.120. The summed E-state index contributed by atoms with van der Waals surface area (Å²) in [6.07, 6.45) is 3.22. The molecule has 1 aliphatic heterocycles. The van der Waals surface area contributed by atoms with Crippen molar-refractivity contribution < 1.29 is 9.67 Å². The van der Waals surface area contributed by atoms with Crippen molar-refractivity contribution in [1.29, 1.82) is 0 Å². The molecule has 0 saturated carbocycles. The van der Waals surface area contributed by atoms with E-state index in [1.807, 2.05) is 60.7 Å². The van der Waals surface area contributed by atoms with Crippen molar-refractivity contribution in [1.82, 2.24) is 9.97 Å². The summed E-state index contributed by atoms with van der Waals surface area (Å²) >= 11 is 0. The summed E-state index contributed by atoms with van der Waals surface area (Å²) in [5.41, 5.74) is 4.84. The van der Waals surface area contributed by atoms with Crippen LogP contribution in [0.4, 0.5) is 0 Å². The first kappa shape index (κ1) is 18.8. The Morgan fingerprint density at radius 1 is 0.867 bits per heavy atom. The largest absolute Gasteiger partial charge is 0.507 e. The van der Waals surface area contributed by atoms with E-state index in [0.717, 1.165) is 39.5 Å². The molecule has 5 heteroatoms. The average Bonchev–Trinajstić information content (AvgIpc) is 3.02. The second kappa shape index (κ2) is 7.23. The van der Waals surface area contributed by atoms with Gasteiger partial charge in [0.1, 0.15) is 12.9 Å². The van der Waals surface area contributed by atoms with E-state index in [2.05, 4.69) is 11.9 Å². The van der Waals surface area contributed by atoms with Gasteiger partial charge in [0.2, 0.25) is 0 Å². The van der Waals surface area contributed by atoms with Crippen LogP contribution in [0.1, 0.15) is 13.3 Å². The lowest BCUT2D eigenvalue weighted by molar-refractivity contribution is 0.477. The van der Waals surface area contributed by atoms with E-state index in [9.17, 15) is 9.67 Å². The number of aromatic hydroxyl groups is 1. The summed E-state index contributed by atoms with van der Waals surface area (Å²) in [5.74, 6) is 0.183. The first-order valence-electron chi connectivity index (χ1n) is 10.1. The Balaban J connectivity index is 1.74. The highest BCUT2D eigenvalue weighted by molar-refractivity contribution is 7.79. The average molecular weight is 412 g/mol. The lowest BCUT2D eigenvalue weighted by Gasteiger charge is -2.14. The Kier molecular flexibility index (Phi) is 4.52. The molecule has 1 N–H and O–H groups in total. The van der Waals surface area contributed by atoms with Gasteiger partial charge in [-0.05, 0) is 55.0 Å². The highest BCUT2D eigenvalue weighted by Crippen LogP contribution is 2.53. The van der Waals surface area contributed by atoms with Crippen LogP contribution in [0.3, 0.4) is 0 Å². The van der Waals surface area contributed by atoms with Crippen molar-refractivity contribution >= 4 is 17.8 Å². The van der Waals surface area contributed by atoms with Crippen LogP contribution in [0, 0.1) is 0 Å². The zero-order valence-electron chi connectivity index (χ0n) is 16.6. The maximum absolute atomic E-state index is 14.1. The molecule has 148 valence electrons. The van der Waals surface area contributed by atoms with Crippen molar-refractivity contribution in [2.45, 2.75) is 13.3 Å². The summed E-state index contributed by atoms with van der Waals surface area (Å²) in [4.78, 5) is 9.34. The van der Waals surface area contributed by atoms with Gasteiger partial charge in [0.05, 0.1) is 17.1 Å². The summed E-state index contributed by atoms with van der Waals surface area (Å²) in [6.45, 7) is 2.06. The van der Waals surface area contributed by atoms with E-state index in [1.54, 1.807) is 18.3 Å². The zero-order chi connectivity index (χ0) is 20.7. The maximum Gasteiger partial charge on any atom is 0.146 e. The number of benzene rings is 2. The molecule has 4 aromatic rings. The number of aromatic nitrogens is 2. The van der Waals surface area contributed by atoms with Crippen molar-refractivity contribution in [3.63, 3.8) is 0 Å². The van der Waals surface area contributed by atoms with Gasteiger partial charge in [0, 0.05) is 39.7 Å². The van der Waals surface area contributed by atoms with Gasteiger partial charge in [-0.2, -0.15) is 0 Å². The predicted molar refractivity (Wildman–Crippen MR) is 122 cm³/mol. The Hall–Kier alpha value is -3.23. The first-order valence-corrected chi connectivity index (χ1v) is 12.0. The molecule has 30 heavy (non-hydrogen) atoms. The van der Waals surface area contributed by atoms with Gasteiger partial charge in [-0.3, -0.25) is 4.98 Å². The van der Waals surface area contributed by atoms with Crippen LogP contribution >= 0.6 is 7.14 Å². The number of para-hydroxylation sites is 1. The lowest BCUT2D eigenvalue weighted by atomic mass is 10.0. The van der Waals surface area contributed by atoms with Gasteiger partial charge >= 0.3 is 0 Å². The molecule has 2 aromatic carbocycles. The second-order valence-corrected chi connectivity index (χ2v) is 10.4. The minimum atomic E-state index is -2.73. The number of nitrogens with zero attached hydrogens (tertiary/aromatic N) is 2. The smallest absolute Gasteiger partial charge is 0.146 e. The van der Waals surface area contributed by atoms with Crippen LogP contribution in [0.5, 0.6) is 5.75 Å². The van der Waals surface area contributed by atoms with E-state index in [0.29, 0.717) is 17.4 Å². The lowest BCUT2D eigenvalue weighted by Crippen LogP contribution is -2.13. The minimum absolute atomic E-state index is 0.183. The molecular weight excluding hydrogens is 391 g/mol. The second-order valence-electron chi connectivity index (χ2n) is 7.49. The molecule has 1 atom stereocenters. The fourth-order valence-corrected chi connectivity index (χ4v) is 7.27. The fourth-order valence-electron chi connectivity index (χ4n) is 4.20. The molecule has 0 fully saturated rings. The molecule has 0 aliphatic carbocycles. The zero-order valence-corrected chi connectivity index (χ0v) is 17.5. The van der Waals surface area contributed by atoms with E-state index < -0.39 is 7.14 Å². The number of hydrogen-bond acceptors (Lipinski definition) is 4. The van der Waals surface area contributed by atoms with Gasteiger partial charge in [-0.25, -0.2) is 4.98 Å². The standard InChI is InChI=1S/C25H21N2O2P/c1-2-15-30(29)23-12-10-17(20-8-5-6-14-26-20)16-19(23)25-24(30)13-11-21(27-25)18-7-3-4-9-22(18)28/h3-14,16,28H,2,15H2,1H3. The summed E-state index contributed by atoms with van der Waals surface area (Å²) < 4.78 is 14.1. The molecule has 1 aliphatic rings. The van der Waals surface area contributed by atoms with Crippen LogP contribution in [0.15, 0.2) is 79.0 Å². The summed E-state index contributed by atoms with van der Waals surface area (Å²) in [7, 11) is -2.73. The van der Waals surface area contributed by atoms with E-state index >= 15 is 0 Å². The Morgan fingerprint density at radius 3 is 2.43 bits per heavy atom. The van der Waals surface area contributed by atoms with Crippen molar-refractivity contribution in [2.24, 2.45) is 0 Å². The SMILES string of the molecule is CCCP1(=O)c2ccc(-c3ccccn3)cc2-c2nc(-c3ccccc3O)ccc21. The van der Waals surface area contributed by atoms with Gasteiger partial charge in [0.25, 0.3) is 0 Å². The molecule has 0 amide bonds. The number of pyridine rings is 2. The van der Waals surface area contributed by atoms with Gasteiger partial charge in [-0.1, -0.05) is 31.2 Å². The van der Waals surface area contributed by atoms with Gasteiger partial charge < -0.3 is 9.67 Å². The molecule has 2 aromatic heterocycles. The number of phenols is 1. The molecule has 0 spiro atoms. The number of rotatable bonds is 4. The predicted octanol–water partition coefficient (Wildman–Crippen LogP) is 5.22. The molecule has 1 unspecified atom stereocenters. The van der Waals surface area contributed by atoms with Crippen molar-refractivity contribution in [2.75, 3.05) is 6.16 Å². The Labute approximate surface area is 175 Å². The van der Waals surface area contributed by atoms with Crippen molar-refractivity contribution in [3.8, 4) is 39.5 Å². The summed E-state index contributed by atoms with van der Waals surface area (Å²) in [5, 5.41) is 12.0. The van der Waals surface area contributed by atoms with Crippen LogP contribution in [0.25, 0.3) is 33.8 Å². The molecule has 4 nitrogen and oxygen atoms in total. The summed E-state index contributed by atoms with van der Waals surface area (Å²) in [6, 6.07) is 22.8. The third-order valence-electron chi connectivity index (χ3n) is 5.58. The quantitative estimate of drug-likeness (QED) is 0.467. The van der Waals surface area contributed by atoms with E-state index in [1.165, 1.54) is 0 Å². The van der Waals surface area contributed by atoms with Crippen LogP contribution in [-0.4, -0.2) is 21.2 Å². The molecule has 0 bridgehead atoms. The third kappa shape index (κ3) is 2.88. The van der Waals surface area contributed by atoms with E-state index in [-0.39, 0.29) is 5.75 Å². The molecule has 3 heterocycles. The Bertz CT molecular complexity index is 1300. The normalized spacial score (nSPS) is 16.8. The highest BCUT2D eigenvalue weighted by atomic mass is 31.2. The number of hydrogen-bond donors (Lipinski definition) is 1. The van der Waals surface area contributed by atoms with Crippen LogP contribution in [-0.2, 0) is 4.57 Å². The first-order chi connectivity index (χ1) is 14.6. The highest BCUT2D eigenvalue weighted by Gasteiger charge is 2.39. The topological polar surface area (TPSA) is 63.1 Å². The molecule has 0 saturated heterocycles. The van der Waals surface area contributed by atoms with Crippen LogP contribution < -0.4 is 10.6 Å². The van der Waals surface area contributed by atoms with Crippen LogP contribution in [0.2, 0.25) is 0 Å². The van der Waals surface area contributed by atoms with E-state index in [4.69, 9.17) is 4.98 Å². The molecule has 5 rings (SSSR count). The third-order valence-corrected chi connectivity index (χ3v) is 8.97. The van der Waals surface area contributed by atoms with Gasteiger partial charge in [-0.15, -0.1) is 0 Å². The Morgan fingerprint density at radius 2 is 1.67 bits per heavy atom.